The first-order valence-electron chi connectivity index (χ1n) is 5.67. The molecule has 7 heteroatoms. The molecule has 0 aromatic heterocycles. The number of nitrogens with two attached hydrogens (primary N) is 1. The molecule has 0 unspecified atom stereocenters. The second-order valence-electron chi connectivity index (χ2n) is 4.10. The van der Waals surface area contributed by atoms with Gasteiger partial charge in [-0.05, 0) is 24.6 Å². The van der Waals surface area contributed by atoms with Crippen LogP contribution >= 0.6 is 11.6 Å². The summed E-state index contributed by atoms with van der Waals surface area (Å²) in [5.41, 5.74) is 5.68. The van der Waals surface area contributed by atoms with Crippen molar-refractivity contribution in [3.8, 4) is 5.75 Å². The maximum absolute atomic E-state index is 11.4. The van der Waals surface area contributed by atoms with Crippen LogP contribution in [-0.4, -0.2) is 39.4 Å². The minimum atomic E-state index is -2.98. The van der Waals surface area contributed by atoms with Crippen LogP contribution in [0.1, 0.15) is 16.8 Å². The van der Waals surface area contributed by atoms with E-state index in [1.165, 1.54) is 12.3 Å². The predicted molar refractivity (Wildman–Crippen MR) is 74.7 cm³/mol. The first-order valence-corrected chi connectivity index (χ1v) is 8.10. The molecule has 106 valence electrons. The van der Waals surface area contributed by atoms with Gasteiger partial charge in [-0.3, -0.25) is 4.79 Å². The molecule has 0 saturated carbocycles. The van der Waals surface area contributed by atoms with Crippen molar-refractivity contribution in [2.45, 2.75) is 6.42 Å². The van der Waals surface area contributed by atoms with Gasteiger partial charge in [-0.2, -0.15) is 0 Å². The van der Waals surface area contributed by atoms with Gasteiger partial charge in [0.05, 0.1) is 23.9 Å². The Balaban J connectivity index is 2.58. The van der Waals surface area contributed by atoms with Gasteiger partial charge in [0, 0.05) is 11.8 Å². The number of carbonyl (C=O) groups excluding carboxylic acids is 1. The Labute approximate surface area is 117 Å². The smallest absolute Gasteiger partial charge is 0.176 e. The molecule has 0 saturated heterocycles. The van der Waals surface area contributed by atoms with Crippen LogP contribution in [0.15, 0.2) is 18.2 Å². The number of benzene rings is 1. The third kappa shape index (κ3) is 5.59. The number of hydrogen-bond acceptors (Lipinski definition) is 5. The van der Waals surface area contributed by atoms with Crippen LogP contribution in [0.25, 0.3) is 0 Å². The fourth-order valence-corrected chi connectivity index (χ4v) is 2.29. The summed E-state index contributed by atoms with van der Waals surface area (Å²) in [6, 6.07) is 4.64. The van der Waals surface area contributed by atoms with Gasteiger partial charge in [0.15, 0.2) is 5.78 Å². The van der Waals surface area contributed by atoms with E-state index in [1.807, 2.05) is 0 Å². The van der Waals surface area contributed by atoms with Gasteiger partial charge >= 0.3 is 0 Å². The maximum Gasteiger partial charge on any atom is 0.176 e. The van der Waals surface area contributed by atoms with Gasteiger partial charge in [-0.1, -0.05) is 11.6 Å². The molecule has 0 heterocycles. The van der Waals surface area contributed by atoms with Crippen LogP contribution in [0, 0.1) is 0 Å². The number of Topliss-reactive ketones (excluding diaryl/α,β-unsaturated/α-hetero) is 1. The summed E-state index contributed by atoms with van der Waals surface area (Å²) in [6.07, 6.45) is 1.56. The van der Waals surface area contributed by atoms with Crippen molar-refractivity contribution in [1.29, 1.82) is 0 Å². The molecular formula is C12H16ClNO4S. The van der Waals surface area contributed by atoms with E-state index in [2.05, 4.69) is 0 Å². The molecule has 0 aliphatic rings. The average molecular weight is 306 g/mol. The molecule has 1 rings (SSSR count). The molecule has 0 spiro atoms. The van der Waals surface area contributed by atoms with Gasteiger partial charge in [-0.25, -0.2) is 8.42 Å². The minimum Gasteiger partial charge on any atom is -0.492 e. The third-order valence-corrected chi connectivity index (χ3v) is 3.68. The number of ketones is 1. The van der Waals surface area contributed by atoms with E-state index in [1.54, 1.807) is 12.1 Å². The first-order chi connectivity index (χ1) is 8.83. The van der Waals surface area contributed by atoms with Gasteiger partial charge < -0.3 is 10.5 Å². The van der Waals surface area contributed by atoms with Gasteiger partial charge in [0.25, 0.3) is 0 Å². The molecule has 0 atom stereocenters. The van der Waals surface area contributed by atoms with E-state index in [-0.39, 0.29) is 24.7 Å². The third-order valence-electron chi connectivity index (χ3n) is 2.36. The van der Waals surface area contributed by atoms with Crippen molar-refractivity contribution in [2.75, 3.05) is 25.2 Å². The lowest BCUT2D eigenvalue weighted by Gasteiger charge is -2.08. The topological polar surface area (TPSA) is 86.5 Å². The number of carbonyl (C=O) groups is 1. The summed E-state index contributed by atoms with van der Waals surface area (Å²) >= 11 is 5.96. The molecule has 2 N–H and O–H groups in total. The highest BCUT2D eigenvalue weighted by Crippen LogP contribution is 2.25. The van der Waals surface area contributed by atoms with E-state index in [0.29, 0.717) is 22.8 Å². The highest BCUT2D eigenvalue weighted by molar-refractivity contribution is 7.90. The Hall–Kier alpha value is -1.11. The molecule has 0 amide bonds. The normalized spacial score (nSPS) is 11.3. The Kier molecular flexibility index (Phi) is 5.78. The van der Waals surface area contributed by atoms with Crippen LogP contribution < -0.4 is 10.5 Å². The van der Waals surface area contributed by atoms with Gasteiger partial charge in [-0.15, -0.1) is 0 Å². The zero-order valence-corrected chi connectivity index (χ0v) is 12.1. The Morgan fingerprint density at radius 1 is 1.42 bits per heavy atom. The van der Waals surface area contributed by atoms with Crippen molar-refractivity contribution in [1.82, 2.24) is 0 Å². The minimum absolute atomic E-state index is 0.0639. The largest absolute Gasteiger partial charge is 0.492 e. The Bertz CT molecular complexity index is 557. The molecule has 0 bridgehead atoms. The summed E-state index contributed by atoms with van der Waals surface area (Å²) in [6.45, 7) is 0.169. The molecular weight excluding hydrogens is 290 g/mol. The van der Waals surface area contributed by atoms with Crippen molar-refractivity contribution in [3.63, 3.8) is 0 Å². The van der Waals surface area contributed by atoms with Crippen LogP contribution in [0.2, 0.25) is 5.02 Å². The zero-order chi connectivity index (χ0) is 14.5. The number of sulfone groups is 1. The lowest BCUT2D eigenvalue weighted by atomic mass is 10.1. The monoisotopic (exact) mass is 305 g/mol. The van der Waals surface area contributed by atoms with Crippen LogP contribution in [-0.2, 0) is 9.84 Å². The lowest BCUT2D eigenvalue weighted by Crippen LogP contribution is -2.13. The average Bonchev–Trinajstić information content (AvgIpc) is 2.33. The van der Waals surface area contributed by atoms with Crippen LogP contribution in [0.5, 0.6) is 5.75 Å². The molecule has 1 aromatic rings. The van der Waals surface area contributed by atoms with E-state index in [9.17, 15) is 13.2 Å². The van der Waals surface area contributed by atoms with Crippen molar-refractivity contribution >= 4 is 27.2 Å². The van der Waals surface area contributed by atoms with E-state index in [4.69, 9.17) is 22.1 Å². The predicted octanol–water partition coefficient (Wildman–Crippen LogP) is 1.29. The standard InChI is InChI=1S/C12H16ClNO4S/c1-19(16,17)6-2-5-18-12-4-3-9(7-10(12)13)11(15)8-14/h3-4,7H,2,5-6,8,14H2,1H3. The molecule has 0 aliphatic carbocycles. The summed E-state index contributed by atoms with van der Waals surface area (Å²) in [5.74, 6) is 0.281. The summed E-state index contributed by atoms with van der Waals surface area (Å²) < 4.78 is 27.2. The van der Waals surface area contributed by atoms with Crippen LogP contribution in [0.4, 0.5) is 0 Å². The van der Waals surface area contributed by atoms with Crippen LogP contribution in [0.3, 0.4) is 0 Å². The van der Waals surface area contributed by atoms with Crippen molar-refractivity contribution in [3.05, 3.63) is 28.8 Å². The summed E-state index contributed by atoms with van der Waals surface area (Å²) in [5, 5.41) is 0.304. The second-order valence-corrected chi connectivity index (χ2v) is 6.77. The Morgan fingerprint density at radius 2 is 2.11 bits per heavy atom. The fraction of sp³-hybridized carbons (Fsp3) is 0.417. The quantitative estimate of drug-likeness (QED) is 0.606. The fourth-order valence-electron chi connectivity index (χ4n) is 1.41. The van der Waals surface area contributed by atoms with Crippen molar-refractivity contribution < 1.29 is 17.9 Å². The first kappa shape index (κ1) is 15.9. The zero-order valence-electron chi connectivity index (χ0n) is 10.6. The highest BCUT2D eigenvalue weighted by atomic mass is 35.5. The van der Waals surface area contributed by atoms with E-state index < -0.39 is 9.84 Å². The SMILES string of the molecule is CS(=O)(=O)CCCOc1ccc(C(=O)CN)cc1Cl. The number of hydrogen-bond donors (Lipinski definition) is 1. The van der Waals surface area contributed by atoms with E-state index in [0.717, 1.165) is 0 Å². The summed E-state index contributed by atoms with van der Waals surface area (Å²) in [7, 11) is -2.98. The Morgan fingerprint density at radius 3 is 2.63 bits per heavy atom. The summed E-state index contributed by atoms with van der Waals surface area (Å²) in [4.78, 5) is 11.4. The number of halogens is 1. The van der Waals surface area contributed by atoms with Crippen molar-refractivity contribution in [2.24, 2.45) is 5.73 Å². The maximum atomic E-state index is 11.4. The molecule has 0 radical (unpaired) electrons. The number of ether oxygens (including phenoxy) is 1. The molecule has 0 aliphatic heterocycles. The molecule has 19 heavy (non-hydrogen) atoms. The molecule has 1 aromatic carbocycles. The molecule has 5 nitrogen and oxygen atoms in total. The molecule has 0 fully saturated rings. The lowest BCUT2D eigenvalue weighted by molar-refractivity contribution is 0.100. The van der Waals surface area contributed by atoms with E-state index >= 15 is 0 Å². The number of rotatable bonds is 7. The van der Waals surface area contributed by atoms with Gasteiger partial charge in [0.1, 0.15) is 15.6 Å². The highest BCUT2D eigenvalue weighted by Gasteiger charge is 2.08. The van der Waals surface area contributed by atoms with Gasteiger partial charge in [0.2, 0.25) is 0 Å². The second kappa shape index (κ2) is 6.88.